The zero-order valence-corrected chi connectivity index (χ0v) is 13.1. The van der Waals surface area contributed by atoms with Gasteiger partial charge in [-0.25, -0.2) is 13.1 Å². The molecule has 0 aliphatic rings. The van der Waals surface area contributed by atoms with Gasteiger partial charge in [0.05, 0.1) is 15.4 Å². The van der Waals surface area contributed by atoms with E-state index in [1.54, 1.807) is 13.8 Å². The second-order valence-corrected chi connectivity index (χ2v) is 6.70. The molecule has 0 unspecified atom stereocenters. The molecule has 0 aromatic heterocycles. The molecule has 0 fully saturated rings. The Bertz CT molecular complexity index is 623. The summed E-state index contributed by atoms with van der Waals surface area (Å²) in [6, 6.07) is 3.56. The van der Waals surface area contributed by atoms with Gasteiger partial charge in [-0.1, -0.05) is 13.8 Å². The topological polar surface area (TPSA) is 110 Å². The van der Waals surface area contributed by atoms with Crippen LogP contribution in [0.2, 0.25) is 0 Å². The van der Waals surface area contributed by atoms with Crippen LogP contribution in [-0.2, 0) is 10.0 Å². The lowest BCUT2D eigenvalue weighted by molar-refractivity contribution is -0.385. The van der Waals surface area contributed by atoms with Crippen LogP contribution in [0.1, 0.15) is 32.3 Å². The number of nitro groups is 1. The molecule has 118 valence electrons. The maximum atomic E-state index is 12.2. The Morgan fingerprint density at radius 3 is 2.33 bits per heavy atom. The van der Waals surface area contributed by atoms with Gasteiger partial charge >= 0.3 is 0 Å². The molecule has 0 radical (unpaired) electrons. The normalized spacial score (nSPS) is 12.4. The second kappa shape index (κ2) is 6.50. The quantitative estimate of drug-likeness (QED) is 0.588. The minimum atomic E-state index is -3.82. The van der Waals surface area contributed by atoms with Crippen molar-refractivity contribution in [3.63, 3.8) is 0 Å². The third kappa shape index (κ3) is 4.23. The van der Waals surface area contributed by atoms with Crippen LogP contribution in [0.15, 0.2) is 23.1 Å². The van der Waals surface area contributed by atoms with E-state index in [1.165, 1.54) is 19.1 Å². The molecular formula is C13H20N2O5S. The van der Waals surface area contributed by atoms with E-state index in [0.717, 1.165) is 6.07 Å². The first-order valence-electron chi connectivity index (χ1n) is 6.62. The highest BCUT2D eigenvalue weighted by Crippen LogP contribution is 2.22. The van der Waals surface area contributed by atoms with Crippen molar-refractivity contribution in [3.05, 3.63) is 33.9 Å². The molecule has 1 aromatic carbocycles. The minimum absolute atomic E-state index is 0.0253. The number of sulfonamides is 1. The Labute approximate surface area is 124 Å². The summed E-state index contributed by atoms with van der Waals surface area (Å²) in [4.78, 5) is 10.1. The van der Waals surface area contributed by atoms with E-state index >= 15 is 0 Å². The monoisotopic (exact) mass is 316 g/mol. The maximum Gasteiger partial charge on any atom is 0.269 e. The molecule has 1 rings (SSSR count). The number of nitrogens with zero attached hydrogens (tertiary/aromatic N) is 1. The molecule has 0 heterocycles. The molecule has 0 amide bonds. The summed E-state index contributed by atoms with van der Waals surface area (Å²) in [5.41, 5.74) is -0.972. The number of aryl methyl sites for hydroxylation is 1. The molecule has 0 saturated heterocycles. The van der Waals surface area contributed by atoms with Crippen LogP contribution in [0.3, 0.4) is 0 Å². The van der Waals surface area contributed by atoms with E-state index < -0.39 is 20.5 Å². The molecule has 8 heteroatoms. The van der Waals surface area contributed by atoms with Gasteiger partial charge < -0.3 is 5.11 Å². The van der Waals surface area contributed by atoms with Crippen LogP contribution in [0, 0.1) is 17.0 Å². The van der Waals surface area contributed by atoms with E-state index in [2.05, 4.69) is 4.72 Å². The highest BCUT2D eigenvalue weighted by molar-refractivity contribution is 7.89. The van der Waals surface area contributed by atoms with E-state index in [1.807, 2.05) is 0 Å². The number of benzene rings is 1. The fourth-order valence-corrected chi connectivity index (χ4v) is 3.20. The number of non-ortho nitro benzene ring substituents is 1. The molecule has 21 heavy (non-hydrogen) atoms. The summed E-state index contributed by atoms with van der Waals surface area (Å²) in [7, 11) is -3.82. The van der Waals surface area contributed by atoms with Crippen LogP contribution < -0.4 is 4.72 Å². The summed E-state index contributed by atoms with van der Waals surface area (Å²) in [6.45, 7) is 4.94. The van der Waals surface area contributed by atoms with Crippen LogP contribution in [0.4, 0.5) is 5.69 Å². The zero-order valence-electron chi connectivity index (χ0n) is 12.3. The van der Waals surface area contributed by atoms with Gasteiger partial charge in [0.15, 0.2) is 0 Å². The van der Waals surface area contributed by atoms with Crippen molar-refractivity contribution in [2.24, 2.45) is 0 Å². The fraction of sp³-hybridized carbons (Fsp3) is 0.538. The van der Waals surface area contributed by atoms with E-state index in [-0.39, 0.29) is 22.7 Å². The number of hydrogen-bond donors (Lipinski definition) is 2. The maximum absolute atomic E-state index is 12.2. The Morgan fingerprint density at radius 1 is 1.33 bits per heavy atom. The van der Waals surface area contributed by atoms with Gasteiger partial charge in [0.2, 0.25) is 10.0 Å². The summed E-state index contributed by atoms with van der Waals surface area (Å²) in [5.74, 6) is 0. The molecule has 0 spiro atoms. The summed E-state index contributed by atoms with van der Waals surface area (Å²) < 4.78 is 26.8. The number of aliphatic hydroxyl groups is 1. The van der Waals surface area contributed by atoms with Crippen LogP contribution in [0.25, 0.3) is 0 Å². The molecule has 0 atom stereocenters. The Kier molecular flexibility index (Phi) is 5.43. The van der Waals surface area contributed by atoms with Crippen molar-refractivity contribution >= 4 is 15.7 Å². The molecule has 7 nitrogen and oxygen atoms in total. The second-order valence-electron chi connectivity index (χ2n) is 4.96. The van der Waals surface area contributed by atoms with Crippen LogP contribution in [0.5, 0.6) is 0 Å². The fourth-order valence-electron chi connectivity index (χ4n) is 1.86. The van der Waals surface area contributed by atoms with Crippen molar-refractivity contribution in [2.45, 2.75) is 44.1 Å². The van der Waals surface area contributed by atoms with Gasteiger partial charge in [0, 0.05) is 18.7 Å². The first-order chi connectivity index (χ1) is 9.65. The van der Waals surface area contributed by atoms with Crippen molar-refractivity contribution < 1.29 is 18.4 Å². The molecule has 0 aliphatic carbocycles. The molecule has 0 aliphatic heterocycles. The van der Waals surface area contributed by atoms with Crippen molar-refractivity contribution in [1.29, 1.82) is 0 Å². The predicted octanol–water partition coefficient (Wildman–Crippen LogP) is 1.73. The first kappa shape index (κ1) is 17.5. The number of nitrogens with one attached hydrogen (secondary N) is 1. The third-order valence-corrected chi connectivity index (χ3v) is 5.13. The summed E-state index contributed by atoms with van der Waals surface area (Å²) >= 11 is 0. The van der Waals surface area contributed by atoms with E-state index in [0.29, 0.717) is 12.8 Å². The molecule has 2 N–H and O–H groups in total. The Morgan fingerprint density at radius 2 is 1.90 bits per heavy atom. The molecular weight excluding hydrogens is 296 g/mol. The predicted molar refractivity (Wildman–Crippen MR) is 78.6 cm³/mol. The van der Waals surface area contributed by atoms with Crippen molar-refractivity contribution in [2.75, 3.05) is 6.54 Å². The van der Waals surface area contributed by atoms with Gasteiger partial charge in [-0.15, -0.1) is 0 Å². The summed E-state index contributed by atoms with van der Waals surface area (Å²) in [5, 5.41) is 20.8. The SMILES string of the molecule is CCC(O)(CC)CNS(=O)(=O)c1ccc([N+](=O)[O-])cc1C. The number of hydrogen-bond acceptors (Lipinski definition) is 5. The van der Waals surface area contributed by atoms with Gasteiger partial charge in [0.25, 0.3) is 5.69 Å². The van der Waals surface area contributed by atoms with Gasteiger partial charge in [-0.2, -0.15) is 0 Å². The zero-order chi connectivity index (χ0) is 16.3. The average molecular weight is 316 g/mol. The molecule has 0 saturated carbocycles. The van der Waals surface area contributed by atoms with Crippen molar-refractivity contribution in [1.82, 2.24) is 4.72 Å². The third-order valence-electron chi connectivity index (χ3n) is 3.57. The van der Waals surface area contributed by atoms with E-state index in [9.17, 15) is 23.6 Å². The van der Waals surface area contributed by atoms with E-state index in [4.69, 9.17) is 0 Å². The van der Waals surface area contributed by atoms with Crippen LogP contribution >= 0.6 is 0 Å². The first-order valence-corrected chi connectivity index (χ1v) is 8.10. The number of nitro benzene ring substituents is 1. The average Bonchev–Trinajstić information content (AvgIpc) is 2.44. The standard InChI is InChI=1S/C13H20N2O5S/c1-4-13(16,5-2)9-14-21(19,20)12-7-6-11(15(17)18)8-10(12)3/h6-8,14,16H,4-5,9H2,1-3H3. The summed E-state index contributed by atoms with van der Waals surface area (Å²) in [6.07, 6.45) is 0.844. The van der Waals surface area contributed by atoms with Gasteiger partial charge in [-0.3, -0.25) is 10.1 Å². The Balaban J connectivity index is 3.01. The lowest BCUT2D eigenvalue weighted by Gasteiger charge is -2.25. The molecule has 0 bridgehead atoms. The van der Waals surface area contributed by atoms with Gasteiger partial charge in [-0.05, 0) is 31.4 Å². The van der Waals surface area contributed by atoms with Gasteiger partial charge in [0.1, 0.15) is 0 Å². The van der Waals surface area contributed by atoms with Crippen molar-refractivity contribution in [3.8, 4) is 0 Å². The van der Waals surface area contributed by atoms with Crippen LogP contribution in [-0.4, -0.2) is 30.6 Å². The highest BCUT2D eigenvalue weighted by atomic mass is 32.2. The number of rotatable bonds is 7. The lowest BCUT2D eigenvalue weighted by Crippen LogP contribution is -2.42. The largest absolute Gasteiger partial charge is 0.389 e. The molecule has 1 aromatic rings. The minimum Gasteiger partial charge on any atom is -0.389 e. The Hall–Kier alpha value is -1.51. The lowest BCUT2D eigenvalue weighted by atomic mass is 9.98. The smallest absolute Gasteiger partial charge is 0.269 e. The highest BCUT2D eigenvalue weighted by Gasteiger charge is 2.26.